The summed E-state index contributed by atoms with van der Waals surface area (Å²) in [5.74, 6) is 0.213. The van der Waals surface area contributed by atoms with Gasteiger partial charge in [0.05, 0.1) is 4.90 Å². The fourth-order valence-corrected chi connectivity index (χ4v) is 3.53. The van der Waals surface area contributed by atoms with Crippen LogP contribution in [0.2, 0.25) is 0 Å². The van der Waals surface area contributed by atoms with Gasteiger partial charge in [0.2, 0.25) is 10.0 Å². The molecule has 0 saturated heterocycles. The number of carbonyl (C=O) groups excluding carboxylic acids is 1. The maximum Gasteiger partial charge on any atom is 0.262 e. The van der Waals surface area contributed by atoms with Crippen molar-refractivity contribution in [2.45, 2.75) is 31.2 Å². The zero-order chi connectivity index (χ0) is 18.5. The van der Waals surface area contributed by atoms with E-state index in [4.69, 9.17) is 4.74 Å². The molecule has 0 bridgehead atoms. The van der Waals surface area contributed by atoms with Crippen LogP contribution in [0.5, 0.6) is 5.75 Å². The summed E-state index contributed by atoms with van der Waals surface area (Å²) in [6.45, 7) is 5.12. The lowest BCUT2D eigenvalue weighted by Gasteiger charge is -2.20. The standard InChI is InChI=1S/C18H22N2O4S/c1-18(2,3)20-25(22,23)16-11-7-8-14(12-16)19-17(21)13-24-15-9-5-4-6-10-15/h4-12,20H,13H2,1-3H3,(H,19,21). The van der Waals surface area contributed by atoms with Crippen LogP contribution in [0.3, 0.4) is 0 Å². The Morgan fingerprint density at radius 1 is 1.04 bits per heavy atom. The lowest BCUT2D eigenvalue weighted by atomic mass is 10.1. The third-order valence-electron chi connectivity index (χ3n) is 2.98. The summed E-state index contributed by atoms with van der Waals surface area (Å²) < 4.78 is 32.6. The van der Waals surface area contributed by atoms with E-state index in [1.165, 1.54) is 12.1 Å². The van der Waals surface area contributed by atoms with Gasteiger partial charge in [-0.3, -0.25) is 4.79 Å². The molecule has 25 heavy (non-hydrogen) atoms. The molecule has 0 saturated carbocycles. The minimum absolute atomic E-state index is 0.0872. The Kier molecular flexibility index (Phi) is 5.81. The van der Waals surface area contributed by atoms with Crippen LogP contribution in [-0.4, -0.2) is 26.5 Å². The minimum atomic E-state index is -3.66. The second-order valence-corrected chi connectivity index (χ2v) is 8.22. The number of amides is 1. The normalized spacial score (nSPS) is 11.8. The molecule has 0 fully saturated rings. The third kappa shape index (κ3) is 6.21. The van der Waals surface area contributed by atoms with E-state index in [-0.39, 0.29) is 17.4 Å². The summed E-state index contributed by atoms with van der Waals surface area (Å²) in [7, 11) is -3.66. The van der Waals surface area contributed by atoms with Crippen LogP contribution in [0.25, 0.3) is 0 Å². The molecule has 0 aliphatic rings. The predicted molar refractivity (Wildman–Crippen MR) is 97.1 cm³/mol. The molecule has 0 radical (unpaired) electrons. The van der Waals surface area contributed by atoms with E-state index in [2.05, 4.69) is 10.0 Å². The minimum Gasteiger partial charge on any atom is -0.484 e. The topological polar surface area (TPSA) is 84.5 Å². The summed E-state index contributed by atoms with van der Waals surface area (Å²) in [5.41, 5.74) is -0.208. The highest BCUT2D eigenvalue weighted by molar-refractivity contribution is 7.89. The first kappa shape index (κ1) is 19.0. The van der Waals surface area contributed by atoms with Gasteiger partial charge in [-0.05, 0) is 51.1 Å². The Hall–Kier alpha value is -2.38. The number of carbonyl (C=O) groups is 1. The van der Waals surface area contributed by atoms with Crippen LogP contribution in [0.15, 0.2) is 59.5 Å². The van der Waals surface area contributed by atoms with Gasteiger partial charge in [-0.15, -0.1) is 0 Å². The van der Waals surface area contributed by atoms with E-state index in [1.54, 1.807) is 45.0 Å². The summed E-state index contributed by atoms with van der Waals surface area (Å²) in [5, 5.41) is 2.63. The van der Waals surface area contributed by atoms with E-state index >= 15 is 0 Å². The molecule has 0 heterocycles. The molecular weight excluding hydrogens is 340 g/mol. The summed E-state index contributed by atoms with van der Waals surface area (Å²) >= 11 is 0. The lowest BCUT2D eigenvalue weighted by molar-refractivity contribution is -0.118. The molecule has 0 spiro atoms. The number of anilines is 1. The highest BCUT2D eigenvalue weighted by Gasteiger charge is 2.22. The average Bonchev–Trinajstić information content (AvgIpc) is 2.52. The maximum absolute atomic E-state index is 12.3. The Morgan fingerprint density at radius 3 is 2.36 bits per heavy atom. The molecule has 2 aromatic rings. The quantitative estimate of drug-likeness (QED) is 0.827. The van der Waals surface area contributed by atoms with E-state index in [0.717, 1.165) is 0 Å². The summed E-state index contributed by atoms with van der Waals surface area (Å²) in [4.78, 5) is 12.1. The molecule has 0 aromatic heterocycles. The second kappa shape index (κ2) is 7.67. The van der Waals surface area contributed by atoms with Gasteiger partial charge < -0.3 is 10.1 Å². The van der Waals surface area contributed by atoms with E-state index in [1.807, 2.05) is 18.2 Å². The second-order valence-electron chi connectivity index (χ2n) is 6.53. The molecule has 1 amide bonds. The Bertz CT molecular complexity index is 828. The third-order valence-corrected chi connectivity index (χ3v) is 4.74. The molecule has 0 aliphatic heterocycles. The monoisotopic (exact) mass is 362 g/mol. The van der Waals surface area contributed by atoms with Gasteiger partial charge in [0.1, 0.15) is 5.75 Å². The summed E-state index contributed by atoms with van der Waals surface area (Å²) in [6, 6.07) is 15.1. The van der Waals surface area contributed by atoms with Crippen molar-refractivity contribution in [2.75, 3.05) is 11.9 Å². The van der Waals surface area contributed by atoms with Gasteiger partial charge in [0, 0.05) is 11.2 Å². The molecule has 2 rings (SSSR count). The molecule has 134 valence electrons. The fraction of sp³-hybridized carbons (Fsp3) is 0.278. The molecule has 0 unspecified atom stereocenters. The van der Waals surface area contributed by atoms with Crippen LogP contribution in [-0.2, 0) is 14.8 Å². The largest absolute Gasteiger partial charge is 0.484 e. The molecule has 7 heteroatoms. The number of sulfonamides is 1. The SMILES string of the molecule is CC(C)(C)NS(=O)(=O)c1cccc(NC(=O)COc2ccccc2)c1. The van der Waals surface area contributed by atoms with Crippen molar-refractivity contribution in [2.24, 2.45) is 0 Å². The van der Waals surface area contributed by atoms with Crippen molar-refractivity contribution in [3.8, 4) is 5.75 Å². The Morgan fingerprint density at radius 2 is 1.72 bits per heavy atom. The van der Waals surface area contributed by atoms with Gasteiger partial charge in [-0.25, -0.2) is 13.1 Å². The first-order chi connectivity index (χ1) is 11.7. The predicted octanol–water partition coefficient (Wildman–Crippen LogP) is 2.78. The fourth-order valence-electron chi connectivity index (χ4n) is 2.07. The Labute approximate surface area is 148 Å². The molecular formula is C18H22N2O4S. The van der Waals surface area contributed by atoms with Crippen molar-refractivity contribution < 1.29 is 17.9 Å². The van der Waals surface area contributed by atoms with Crippen molar-refractivity contribution in [3.63, 3.8) is 0 Å². The zero-order valence-electron chi connectivity index (χ0n) is 14.4. The van der Waals surface area contributed by atoms with E-state index in [9.17, 15) is 13.2 Å². The van der Waals surface area contributed by atoms with Gasteiger partial charge in [0.25, 0.3) is 5.91 Å². The van der Waals surface area contributed by atoms with Crippen molar-refractivity contribution in [3.05, 3.63) is 54.6 Å². The first-order valence-electron chi connectivity index (χ1n) is 7.77. The number of hydrogen-bond donors (Lipinski definition) is 2. The van der Waals surface area contributed by atoms with Gasteiger partial charge in [0.15, 0.2) is 6.61 Å². The van der Waals surface area contributed by atoms with Crippen LogP contribution in [0.4, 0.5) is 5.69 Å². The van der Waals surface area contributed by atoms with Gasteiger partial charge >= 0.3 is 0 Å². The number of benzene rings is 2. The van der Waals surface area contributed by atoms with E-state index in [0.29, 0.717) is 11.4 Å². The zero-order valence-corrected chi connectivity index (χ0v) is 15.3. The highest BCUT2D eigenvalue weighted by Crippen LogP contribution is 2.17. The highest BCUT2D eigenvalue weighted by atomic mass is 32.2. The van der Waals surface area contributed by atoms with Gasteiger partial charge in [-0.2, -0.15) is 0 Å². The van der Waals surface area contributed by atoms with Crippen LogP contribution < -0.4 is 14.8 Å². The first-order valence-corrected chi connectivity index (χ1v) is 9.26. The molecule has 2 N–H and O–H groups in total. The van der Waals surface area contributed by atoms with Crippen LogP contribution in [0, 0.1) is 0 Å². The number of ether oxygens (including phenoxy) is 1. The van der Waals surface area contributed by atoms with E-state index < -0.39 is 15.6 Å². The molecule has 0 aliphatic carbocycles. The average molecular weight is 362 g/mol. The number of nitrogens with one attached hydrogen (secondary N) is 2. The lowest BCUT2D eigenvalue weighted by Crippen LogP contribution is -2.40. The van der Waals surface area contributed by atoms with Crippen molar-refractivity contribution in [1.29, 1.82) is 0 Å². The van der Waals surface area contributed by atoms with Crippen molar-refractivity contribution >= 4 is 21.6 Å². The number of rotatable bonds is 6. The van der Waals surface area contributed by atoms with Gasteiger partial charge in [-0.1, -0.05) is 24.3 Å². The Balaban J connectivity index is 2.02. The molecule has 2 aromatic carbocycles. The smallest absolute Gasteiger partial charge is 0.262 e. The van der Waals surface area contributed by atoms with Crippen LogP contribution in [0.1, 0.15) is 20.8 Å². The van der Waals surface area contributed by atoms with Crippen molar-refractivity contribution in [1.82, 2.24) is 4.72 Å². The molecule has 0 atom stereocenters. The maximum atomic E-state index is 12.3. The van der Waals surface area contributed by atoms with Crippen LogP contribution >= 0.6 is 0 Å². The molecule has 6 nitrogen and oxygen atoms in total. The number of hydrogen-bond acceptors (Lipinski definition) is 4. The summed E-state index contributed by atoms with van der Waals surface area (Å²) in [6.07, 6.45) is 0. The number of para-hydroxylation sites is 1.